The van der Waals surface area contributed by atoms with E-state index in [9.17, 15) is 22.0 Å². The molecule has 1 heterocycles. The highest BCUT2D eigenvalue weighted by Gasteiger charge is 2.62. The molecule has 0 spiro atoms. The Balaban J connectivity index is 0.00000256. The highest BCUT2D eigenvalue weighted by atomic mass is 35.5. The average molecular weight is 297 g/mol. The van der Waals surface area contributed by atoms with E-state index in [4.69, 9.17) is 17.3 Å². The first-order valence-electron chi connectivity index (χ1n) is 3.98. The van der Waals surface area contributed by atoms with Crippen LogP contribution in [0.5, 0.6) is 0 Å². The van der Waals surface area contributed by atoms with Gasteiger partial charge < -0.3 is 5.73 Å². The maximum atomic E-state index is 12.9. The average Bonchev–Trinajstić information content (AvgIpc) is 2.15. The third-order valence-electron chi connectivity index (χ3n) is 1.89. The molecule has 0 saturated heterocycles. The summed E-state index contributed by atoms with van der Waals surface area (Å²) in [5, 5.41) is -0.473. The summed E-state index contributed by atoms with van der Waals surface area (Å²) in [6.07, 6.45) is -4.57. The Morgan fingerprint density at radius 1 is 1.24 bits per heavy atom. The predicted octanol–water partition coefficient (Wildman–Crippen LogP) is 3.35. The smallest absolute Gasteiger partial charge is 0.319 e. The van der Waals surface area contributed by atoms with Gasteiger partial charge in [0.2, 0.25) is 0 Å². The molecule has 0 aliphatic carbocycles. The van der Waals surface area contributed by atoms with Crippen LogP contribution in [0.3, 0.4) is 0 Å². The summed E-state index contributed by atoms with van der Waals surface area (Å²) in [6, 6.07) is -0.429. The number of rotatable bonds is 2. The zero-order valence-corrected chi connectivity index (χ0v) is 9.58. The number of aromatic nitrogens is 1. The van der Waals surface area contributed by atoms with Gasteiger partial charge in [0.15, 0.2) is 0 Å². The second-order valence-corrected chi connectivity index (χ2v) is 3.34. The van der Waals surface area contributed by atoms with Crippen molar-refractivity contribution in [3.05, 3.63) is 29.0 Å². The molecule has 9 heteroatoms. The maximum Gasteiger partial charge on any atom is 0.455 e. The van der Waals surface area contributed by atoms with Gasteiger partial charge in [-0.15, -0.1) is 12.4 Å². The van der Waals surface area contributed by atoms with Crippen LogP contribution in [0.1, 0.15) is 11.6 Å². The lowest BCUT2D eigenvalue weighted by molar-refractivity contribution is -0.291. The number of halogens is 7. The van der Waals surface area contributed by atoms with Gasteiger partial charge in [0.1, 0.15) is 11.2 Å². The third-order valence-corrected chi connectivity index (χ3v) is 2.21. The number of pyridine rings is 1. The number of hydrogen-bond acceptors (Lipinski definition) is 2. The molecule has 0 aliphatic rings. The van der Waals surface area contributed by atoms with Crippen LogP contribution in [0.25, 0.3) is 0 Å². The highest BCUT2D eigenvalue weighted by molar-refractivity contribution is 6.30. The van der Waals surface area contributed by atoms with Crippen LogP contribution in [-0.4, -0.2) is 17.1 Å². The predicted molar refractivity (Wildman–Crippen MR) is 54.4 cm³/mol. The van der Waals surface area contributed by atoms with E-state index in [2.05, 4.69) is 4.98 Å². The van der Waals surface area contributed by atoms with E-state index in [1.165, 1.54) is 6.07 Å². The molecule has 0 aliphatic heterocycles. The molecule has 0 saturated carbocycles. The zero-order valence-electron chi connectivity index (χ0n) is 8.01. The fourth-order valence-electron chi connectivity index (χ4n) is 1.00. The minimum atomic E-state index is -5.73. The highest BCUT2D eigenvalue weighted by Crippen LogP contribution is 2.44. The van der Waals surface area contributed by atoms with Gasteiger partial charge in [-0.25, -0.2) is 4.98 Å². The van der Waals surface area contributed by atoms with Crippen LogP contribution in [0, 0.1) is 0 Å². The van der Waals surface area contributed by atoms with Gasteiger partial charge in [-0.3, -0.25) is 0 Å². The molecule has 0 radical (unpaired) electrons. The monoisotopic (exact) mass is 296 g/mol. The van der Waals surface area contributed by atoms with Crippen LogP contribution in [0.2, 0.25) is 5.15 Å². The number of alkyl halides is 5. The van der Waals surface area contributed by atoms with Gasteiger partial charge in [-0.2, -0.15) is 22.0 Å². The Hall–Kier alpha value is -0.660. The summed E-state index contributed by atoms with van der Waals surface area (Å²) in [4.78, 5) is 3.38. The van der Waals surface area contributed by atoms with Gasteiger partial charge in [-0.05, 0) is 6.07 Å². The van der Waals surface area contributed by atoms with Gasteiger partial charge in [0.25, 0.3) is 0 Å². The second-order valence-electron chi connectivity index (χ2n) is 2.98. The van der Waals surface area contributed by atoms with Gasteiger partial charge >= 0.3 is 12.1 Å². The molecule has 17 heavy (non-hydrogen) atoms. The molecular weight excluding hydrogens is 290 g/mol. The van der Waals surface area contributed by atoms with Crippen LogP contribution in [-0.2, 0) is 0 Å². The molecule has 0 unspecified atom stereocenters. The SMILES string of the molecule is Cl.N[C@H](c1cccnc1Cl)C(F)(F)C(F)(F)F. The Kier molecular flexibility index (Phi) is 5.12. The maximum absolute atomic E-state index is 12.9. The topological polar surface area (TPSA) is 38.9 Å². The minimum absolute atomic E-state index is 0. The summed E-state index contributed by atoms with van der Waals surface area (Å²) in [6.45, 7) is 0. The lowest BCUT2D eigenvalue weighted by Gasteiger charge is -2.26. The second kappa shape index (κ2) is 5.32. The van der Waals surface area contributed by atoms with Gasteiger partial charge in [-0.1, -0.05) is 17.7 Å². The van der Waals surface area contributed by atoms with Crippen molar-refractivity contribution in [1.82, 2.24) is 4.98 Å². The van der Waals surface area contributed by atoms with Crippen molar-refractivity contribution in [2.75, 3.05) is 0 Å². The number of nitrogens with two attached hydrogens (primary N) is 1. The van der Waals surface area contributed by atoms with E-state index in [1.807, 2.05) is 0 Å². The van der Waals surface area contributed by atoms with Crippen molar-refractivity contribution < 1.29 is 22.0 Å². The number of hydrogen-bond donors (Lipinski definition) is 1. The first-order chi connectivity index (χ1) is 7.18. The van der Waals surface area contributed by atoms with E-state index < -0.39 is 28.9 Å². The summed E-state index contributed by atoms with van der Waals surface area (Å²) in [5.41, 5.74) is 4.32. The van der Waals surface area contributed by atoms with Gasteiger partial charge in [0.05, 0.1) is 0 Å². The summed E-state index contributed by atoms with van der Waals surface area (Å²) >= 11 is 5.38. The molecule has 2 nitrogen and oxygen atoms in total. The van der Waals surface area contributed by atoms with Crippen molar-refractivity contribution in [2.24, 2.45) is 5.73 Å². The normalized spacial score (nSPS) is 14.1. The van der Waals surface area contributed by atoms with Gasteiger partial charge in [0, 0.05) is 11.8 Å². The lowest BCUT2D eigenvalue weighted by atomic mass is 10.0. The molecule has 0 bridgehead atoms. The molecular formula is C8H7Cl2F5N2. The standard InChI is InChI=1S/C8H6ClF5N2.ClH/c9-6-4(2-1-3-16-6)5(15)7(10,11)8(12,13)14;/h1-3,5H,15H2;1H/t5-;/m1./s1. The van der Waals surface area contributed by atoms with Crippen molar-refractivity contribution in [2.45, 2.75) is 18.1 Å². The molecule has 0 aromatic carbocycles. The summed E-state index contributed by atoms with van der Waals surface area (Å²) in [5.74, 6) is -5.06. The Morgan fingerprint density at radius 2 is 1.76 bits per heavy atom. The molecule has 1 rings (SSSR count). The van der Waals surface area contributed by atoms with Crippen LogP contribution < -0.4 is 5.73 Å². The van der Waals surface area contributed by atoms with E-state index >= 15 is 0 Å². The van der Waals surface area contributed by atoms with Crippen LogP contribution in [0.4, 0.5) is 22.0 Å². The Bertz CT molecular complexity index is 382. The van der Waals surface area contributed by atoms with Crippen molar-refractivity contribution in [1.29, 1.82) is 0 Å². The quantitative estimate of drug-likeness (QED) is 0.671. The number of nitrogens with zero attached hydrogens (tertiary/aromatic N) is 1. The fraction of sp³-hybridized carbons (Fsp3) is 0.375. The van der Waals surface area contributed by atoms with Crippen LogP contribution in [0.15, 0.2) is 18.3 Å². The summed E-state index contributed by atoms with van der Waals surface area (Å²) in [7, 11) is 0. The van der Waals surface area contributed by atoms with E-state index in [0.29, 0.717) is 0 Å². The minimum Gasteiger partial charge on any atom is -0.319 e. The zero-order chi connectivity index (χ0) is 12.6. The van der Waals surface area contributed by atoms with Crippen molar-refractivity contribution >= 4 is 24.0 Å². The third kappa shape index (κ3) is 3.17. The van der Waals surface area contributed by atoms with Crippen molar-refractivity contribution in [3.8, 4) is 0 Å². The largest absolute Gasteiger partial charge is 0.455 e. The molecule has 2 N–H and O–H groups in total. The molecule has 1 atom stereocenters. The van der Waals surface area contributed by atoms with Crippen LogP contribution >= 0.6 is 24.0 Å². The Labute approximate surface area is 104 Å². The summed E-state index contributed by atoms with van der Waals surface area (Å²) < 4.78 is 61.7. The fourth-order valence-corrected chi connectivity index (χ4v) is 1.24. The lowest BCUT2D eigenvalue weighted by Crippen LogP contribution is -2.46. The Morgan fingerprint density at radius 3 is 2.18 bits per heavy atom. The molecule has 98 valence electrons. The molecule has 1 aromatic rings. The first-order valence-corrected chi connectivity index (χ1v) is 4.36. The molecule has 1 aromatic heterocycles. The molecule has 0 amide bonds. The van der Waals surface area contributed by atoms with E-state index in [0.717, 1.165) is 12.3 Å². The van der Waals surface area contributed by atoms with E-state index in [-0.39, 0.29) is 12.4 Å². The van der Waals surface area contributed by atoms with Crippen molar-refractivity contribution in [3.63, 3.8) is 0 Å². The first kappa shape index (κ1) is 16.3. The molecule has 0 fully saturated rings. The van der Waals surface area contributed by atoms with E-state index in [1.54, 1.807) is 0 Å².